The molecule has 0 fully saturated rings. The molecule has 1 aliphatic carbocycles. The number of rotatable bonds is 5. The number of ether oxygens (including phenoxy) is 1. The van der Waals surface area contributed by atoms with Gasteiger partial charge >= 0.3 is 5.97 Å². The highest BCUT2D eigenvalue weighted by atomic mass is 16.5. The van der Waals surface area contributed by atoms with Gasteiger partial charge in [0.2, 0.25) is 0 Å². The number of amides is 1. The smallest absolute Gasteiger partial charge is 0.325 e. The first-order valence-electron chi connectivity index (χ1n) is 7.13. The van der Waals surface area contributed by atoms with Gasteiger partial charge < -0.3 is 9.64 Å². The lowest BCUT2D eigenvalue weighted by Gasteiger charge is -2.21. The van der Waals surface area contributed by atoms with Crippen LogP contribution in [0, 0.1) is 0 Å². The minimum absolute atomic E-state index is 0.0141. The van der Waals surface area contributed by atoms with Gasteiger partial charge in [0.15, 0.2) is 0 Å². The fraction of sp³-hybridized carbons (Fsp3) is 0.500. The van der Waals surface area contributed by atoms with Crippen molar-refractivity contribution >= 4 is 11.9 Å². The third-order valence-corrected chi connectivity index (χ3v) is 3.67. The molecule has 0 spiro atoms. The molecule has 0 aliphatic heterocycles. The average Bonchev–Trinajstić information content (AvgIpc) is 2.93. The molecular formula is C16H21NO3. The minimum Gasteiger partial charge on any atom is -0.468 e. The molecular weight excluding hydrogens is 254 g/mol. The Morgan fingerprint density at radius 3 is 2.70 bits per heavy atom. The van der Waals surface area contributed by atoms with Crippen molar-refractivity contribution < 1.29 is 14.3 Å². The summed E-state index contributed by atoms with van der Waals surface area (Å²) in [5, 5.41) is 0. The number of nitrogens with zero attached hydrogens (tertiary/aromatic N) is 1. The van der Waals surface area contributed by atoms with E-state index in [0.717, 1.165) is 25.7 Å². The van der Waals surface area contributed by atoms with E-state index in [0.29, 0.717) is 12.1 Å². The van der Waals surface area contributed by atoms with Gasteiger partial charge in [-0.2, -0.15) is 0 Å². The predicted molar refractivity (Wildman–Crippen MR) is 76.7 cm³/mol. The van der Waals surface area contributed by atoms with E-state index >= 15 is 0 Å². The molecule has 2 rings (SSSR count). The van der Waals surface area contributed by atoms with Crippen molar-refractivity contribution in [3.8, 4) is 0 Å². The zero-order chi connectivity index (χ0) is 14.5. The standard InChI is InChI=1S/C16H21NO3/c1-3-9-17(11-15(18)20-2)16(19)14-8-7-12-5-4-6-13(12)10-14/h7-8,10H,3-6,9,11H2,1-2H3. The Balaban J connectivity index is 2.16. The van der Waals surface area contributed by atoms with E-state index in [1.54, 1.807) is 4.90 Å². The van der Waals surface area contributed by atoms with E-state index in [-0.39, 0.29) is 18.4 Å². The monoisotopic (exact) mass is 275 g/mol. The highest BCUT2D eigenvalue weighted by Crippen LogP contribution is 2.23. The van der Waals surface area contributed by atoms with Crippen LogP contribution in [-0.2, 0) is 22.4 Å². The normalized spacial score (nSPS) is 12.9. The van der Waals surface area contributed by atoms with Gasteiger partial charge in [-0.15, -0.1) is 0 Å². The summed E-state index contributed by atoms with van der Waals surface area (Å²) < 4.78 is 4.65. The number of carbonyl (C=O) groups excluding carboxylic acids is 2. The first kappa shape index (κ1) is 14.6. The molecule has 0 N–H and O–H groups in total. The average molecular weight is 275 g/mol. The molecule has 0 saturated heterocycles. The second kappa shape index (κ2) is 6.55. The summed E-state index contributed by atoms with van der Waals surface area (Å²) in [4.78, 5) is 25.5. The maximum absolute atomic E-state index is 12.5. The molecule has 0 heterocycles. The number of esters is 1. The molecule has 4 heteroatoms. The molecule has 1 aromatic rings. The second-order valence-electron chi connectivity index (χ2n) is 5.14. The van der Waals surface area contributed by atoms with Crippen molar-refractivity contribution in [2.45, 2.75) is 32.6 Å². The Bertz CT molecular complexity index is 510. The van der Waals surface area contributed by atoms with Crippen molar-refractivity contribution in [3.63, 3.8) is 0 Å². The molecule has 1 amide bonds. The Labute approximate surface area is 119 Å². The first-order chi connectivity index (χ1) is 9.65. The summed E-state index contributed by atoms with van der Waals surface area (Å²) in [6, 6.07) is 5.88. The Morgan fingerprint density at radius 2 is 2.00 bits per heavy atom. The molecule has 0 aromatic heterocycles. The molecule has 0 unspecified atom stereocenters. The molecule has 20 heavy (non-hydrogen) atoms. The fourth-order valence-corrected chi connectivity index (χ4v) is 2.63. The van der Waals surface area contributed by atoms with Gasteiger partial charge in [0.05, 0.1) is 7.11 Å². The van der Waals surface area contributed by atoms with Gasteiger partial charge in [0, 0.05) is 12.1 Å². The van der Waals surface area contributed by atoms with Crippen LogP contribution in [0.2, 0.25) is 0 Å². The summed E-state index contributed by atoms with van der Waals surface area (Å²) in [6.07, 6.45) is 4.12. The van der Waals surface area contributed by atoms with Crippen molar-refractivity contribution in [3.05, 3.63) is 34.9 Å². The Hall–Kier alpha value is -1.84. The quantitative estimate of drug-likeness (QED) is 0.774. The van der Waals surface area contributed by atoms with Crippen molar-refractivity contribution in [2.75, 3.05) is 20.2 Å². The van der Waals surface area contributed by atoms with Crippen LogP contribution in [0.15, 0.2) is 18.2 Å². The molecule has 0 saturated carbocycles. The topological polar surface area (TPSA) is 46.6 Å². The summed E-state index contributed by atoms with van der Waals surface area (Å²) in [7, 11) is 1.34. The Kier molecular flexibility index (Phi) is 4.77. The summed E-state index contributed by atoms with van der Waals surface area (Å²) in [5.41, 5.74) is 3.28. The minimum atomic E-state index is -0.382. The van der Waals surface area contributed by atoms with E-state index in [9.17, 15) is 9.59 Å². The molecule has 0 atom stereocenters. The lowest BCUT2D eigenvalue weighted by molar-refractivity contribution is -0.141. The van der Waals surface area contributed by atoms with Gasteiger partial charge in [-0.05, 0) is 48.9 Å². The predicted octanol–water partition coefficient (Wildman–Crippen LogP) is 2.20. The number of carbonyl (C=O) groups is 2. The number of aryl methyl sites for hydroxylation is 2. The van der Waals surface area contributed by atoms with Gasteiger partial charge in [-0.1, -0.05) is 13.0 Å². The Morgan fingerprint density at radius 1 is 1.25 bits per heavy atom. The maximum Gasteiger partial charge on any atom is 0.325 e. The number of methoxy groups -OCH3 is 1. The lowest BCUT2D eigenvalue weighted by Crippen LogP contribution is -2.36. The zero-order valence-electron chi connectivity index (χ0n) is 12.1. The third-order valence-electron chi connectivity index (χ3n) is 3.67. The van der Waals surface area contributed by atoms with E-state index in [2.05, 4.69) is 4.74 Å². The van der Waals surface area contributed by atoms with Crippen LogP contribution in [-0.4, -0.2) is 37.0 Å². The third kappa shape index (κ3) is 3.18. The van der Waals surface area contributed by atoms with Crippen LogP contribution < -0.4 is 0 Å². The number of hydrogen-bond acceptors (Lipinski definition) is 3. The van der Waals surface area contributed by atoms with E-state index < -0.39 is 0 Å². The van der Waals surface area contributed by atoms with Crippen molar-refractivity contribution in [1.29, 1.82) is 0 Å². The summed E-state index contributed by atoms with van der Waals surface area (Å²) >= 11 is 0. The number of fused-ring (bicyclic) bond motifs is 1. The van der Waals surface area contributed by atoms with Gasteiger partial charge in [-0.3, -0.25) is 9.59 Å². The molecule has 0 radical (unpaired) electrons. The van der Waals surface area contributed by atoms with E-state index in [1.165, 1.54) is 18.2 Å². The molecule has 0 bridgehead atoms. The van der Waals surface area contributed by atoms with Crippen LogP contribution in [0.3, 0.4) is 0 Å². The largest absolute Gasteiger partial charge is 0.468 e. The molecule has 108 valence electrons. The van der Waals surface area contributed by atoms with Gasteiger partial charge in [0.1, 0.15) is 6.54 Å². The molecule has 4 nitrogen and oxygen atoms in total. The highest BCUT2D eigenvalue weighted by Gasteiger charge is 2.20. The summed E-state index contributed by atoms with van der Waals surface area (Å²) in [6.45, 7) is 2.56. The lowest BCUT2D eigenvalue weighted by atomic mass is 10.1. The van der Waals surface area contributed by atoms with Crippen LogP contribution in [0.1, 0.15) is 41.3 Å². The van der Waals surface area contributed by atoms with Crippen LogP contribution in [0.4, 0.5) is 0 Å². The van der Waals surface area contributed by atoms with E-state index in [1.807, 2.05) is 25.1 Å². The number of hydrogen-bond donors (Lipinski definition) is 0. The molecule has 1 aliphatic rings. The SMILES string of the molecule is CCCN(CC(=O)OC)C(=O)c1ccc2c(c1)CCC2. The van der Waals surface area contributed by atoms with Gasteiger partial charge in [0.25, 0.3) is 5.91 Å². The summed E-state index contributed by atoms with van der Waals surface area (Å²) in [5.74, 6) is -0.472. The highest BCUT2D eigenvalue weighted by molar-refractivity contribution is 5.96. The number of benzene rings is 1. The fourth-order valence-electron chi connectivity index (χ4n) is 2.63. The van der Waals surface area contributed by atoms with Crippen LogP contribution in [0.25, 0.3) is 0 Å². The van der Waals surface area contributed by atoms with Crippen molar-refractivity contribution in [2.24, 2.45) is 0 Å². The molecule has 1 aromatic carbocycles. The zero-order valence-corrected chi connectivity index (χ0v) is 12.1. The van der Waals surface area contributed by atoms with Gasteiger partial charge in [-0.25, -0.2) is 0 Å². The maximum atomic E-state index is 12.5. The van der Waals surface area contributed by atoms with Crippen LogP contribution >= 0.6 is 0 Å². The second-order valence-corrected chi connectivity index (χ2v) is 5.14. The first-order valence-corrected chi connectivity index (χ1v) is 7.13. The van der Waals surface area contributed by atoms with Crippen molar-refractivity contribution in [1.82, 2.24) is 4.90 Å². The van der Waals surface area contributed by atoms with Crippen LogP contribution in [0.5, 0.6) is 0 Å². The van der Waals surface area contributed by atoms with E-state index in [4.69, 9.17) is 0 Å².